The standard InChI is InChI=1S/C23H27NO4S.C3H4N2/c1-4-27-21(23(25)26)14-18-6-8-19(9-7-18)28-12-11-24-17(3)5-10-20(24)22-13-16(2)15-29-22;1-2-5-3-4-1/h5-10,13,15,21H,4,11-12,14H2,1-3H3,(H,25,26);1-3H,(H,4,5)/t21-;/m0./s1. The lowest BCUT2D eigenvalue weighted by molar-refractivity contribution is -0.149. The molecule has 0 aliphatic carbocycles. The highest BCUT2D eigenvalue weighted by Gasteiger charge is 2.17. The molecule has 180 valence electrons. The van der Waals surface area contributed by atoms with E-state index in [9.17, 15) is 9.90 Å². The number of carboxylic acids is 1. The van der Waals surface area contributed by atoms with Crippen LogP contribution in [0.3, 0.4) is 0 Å². The number of carboxylic acid groups (broad SMARTS) is 1. The molecule has 0 unspecified atom stereocenters. The number of aromatic amines is 1. The summed E-state index contributed by atoms with van der Waals surface area (Å²) in [5, 5.41) is 11.4. The minimum Gasteiger partial charge on any atom is -0.492 e. The molecule has 7 nitrogen and oxygen atoms in total. The highest BCUT2D eigenvalue weighted by atomic mass is 32.1. The molecule has 0 radical (unpaired) electrons. The number of aryl methyl sites for hydroxylation is 2. The Balaban J connectivity index is 0.000000574. The van der Waals surface area contributed by atoms with Gasteiger partial charge in [0.05, 0.1) is 23.4 Å². The lowest BCUT2D eigenvalue weighted by Gasteiger charge is -2.14. The van der Waals surface area contributed by atoms with E-state index in [1.54, 1.807) is 37.0 Å². The average Bonchev–Trinajstić information content (AvgIpc) is 3.59. The van der Waals surface area contributed by atoms with Crippen molar-refractivity contribution in [3.63, 3.8) is 0 Å². The van der Waals surface area contributed by atoms with Crippen molar-refractivity contribution < 1.29 is 19.4 Å². The Morgan fingerprint density at radius 2 is 2.00 bits per heavy atom. The van der Waals surface area contributed by atoms with E-state index in [1.165, 1.54) is 21.8 Å². The number of nitrogens with one attached hydrogen (secondary N) is 1. The predicted octanol–water partition coefficient (Wildman–Crippen LogP) is 5.35. The van der Waals surface area contributed by atoms with E-state index in [0.717, 1.165) is 17.9 Å². The number of ether oxygens (including phenoxy) is 2. The van der Waals surface area contributed by atoms with Crippen molar-refractivity contribution in [2.45, 2.75) is 39.8 Å². The van der Waals surface area contributed by atoms with Gasteiger partial charge in [0.15, 0.2) is 6.10 Å². The molecular formula is C26H31N3O4S. The second-order valence-corrected chi connectivity index (χ2v) is 8.65. The smallest absolute Gasteiger partial charge is 0.333 e. The van der Waals surface area contributed by atoms with Gasteiger partial charge in [0.25, 0.3) is 0 Å². The topological polar surface area (TPSA) is 89.4 Å². The molecule has 3 aromatic heterocycles. The molecule has 0 spiro atoms. The number of H-pyrrole nitrogens is 1. The zero-order chi connectivity index (χ0) is 24.3. The summed E-state index contributed by atoms with van der Waals surface area (Å²) >= 11 is 1.76. The number of nitrogens with zero attached hydrogens (tertiary/aromatic N) is 2. The van der Waals surface area contributed by atoms with Gasteiger partial charge in [-0.15, -0.1) is 11.3 Å². The fraction of sp³-hybridized carbons (Fsp3) is 0.308. The Kier molecular flexibility index (Phi) is 9.49. The second kappa shape index (κ2) is 12.8. The van der Waals surface area contributed by atoms with Crippen LogP contribution in [0.25, 0.3) is 10.6 Å². The highest BCUT2D eigenvalue weighted by molar-refractivity contribution is 7.13. The molecular weight excluding hydrogens is 450 g/mol. The number of aliphatic carboxylic acids is 1. The SMILES string of the molecule is CCO[C@@H](Cc1ccc(OCCn2c(C)ccc2-c2cc(C)cs2)cc1)C(=O)O.c1c[nH]cn1. The van der Waals surface area contributed by atoms with E-state index in [-0.39, 0.29) is 0 Å². The van der Waals surface area contributed by atoms with Crippen molar-refractivity contribution in [2.75, 3.05) is 13.2 Å². The number of aromatic nitrogens is 3. The first kappa shape index (κ1) is 25.3. The average molecular weight is 482 g/mol. The van der Waals surface area contributed by atoms with Crippen molar-refractivity contribution in [1.29, 1.82) is 0 Å². The number of hydrogen-bond acceptors (Lipinski definition) is 5. The van der Waals surface area contributed by atoms with Gasteiger partial charge in [-0.1, -0.05) is 12.1 Å². The van der Waals surface area contributed by atoms with E-state index < -0.39 is 12.1 Å². The van der Waals surface area contributed by atoms with E-state index in [2.05, 4.69) is 52.0 Å². The Hall–Kier alpha value is -3.36. The first-order chi connectivity index (χ1) is 16.5. The second-order valence-electron chi connectivity index (χ2n) is 7.74. The van der Waals surface area contributed by atoms with Crippen LogP contribution in [0.1, 0.15) is 23.7 Å². The Labute approximate surface area is 204 Å². The Morgan fingerprint density at radius 1 is 1.21 bits per heavy atom. The summed E-state index contributed by atoms with van der Waals surface area (Å²) in [5.41, 5.74) is 4.62. The van der Waals surface area contributed by atoms with Crippen LogP contribution in [-0.2, 0) is 22.5 Å². The molecule has 2 N–H and O–H groups in total. The van der Waals surface area contributed by atoms with Gasteiger partial charge in [-0.05, 0) is 67.6 Å². The van der Waals surface area contributed by atoms with Crippen LogP contribution in [0.5, 0.6) is 5.75 Å². The largest absolute Gasteiger partial charge is 0.492 e. The van der Waals surface area contributed by atoms with Gasteiger partial charge in [-0.3, -0.25) is 0 Å². The summed E-state index contributed by atoms with van der Waals surface area (Å²) in [6, 6.07) is 14.1. The molecule has 0 amide bonds. The first-order valence-electron chi connectivity index (χ1n) is 11.2. The molecule has 4 aromatic rings. The van der Waals surface area contributed by atoms with Gasteiger partial charge in [-0.25, -0.2) is 9.78 Å². The summed E-state index contributed by atoms with van der Waals surface area (Å²) in [5.74, 6) is -0.165. The fourth-order valence-corrected chi connectivity index (χ4v) is 4.41. The van der Waals surface area contributed by atoms with Gasteiger partial charge < -0.3 is 24.1 Å². The molecule has 3 heterocycles. The third kappa shape index (κ3) is 7.33. The summed E-state index contributed by atoms with van der Waals surface area (Å²) in [6.07, 6.45) is 4.61. The molecule has 0 fully saturated rings. The quantitative estimate of drug-likeness (QED) is 0.319. The molecule has 0 bridgehead atoms. The molecule has 34 heavy (non-hydrogen) atoms. The molecule has 0 aliphatic heterocycles. The lowest BCUT2D eigenvalue weighted by atomic mass is 10.1. The van der Waals surface area contributed by atoms with Crippen LogP contribution in [0.15, 0.2) is 66.6 Å². The van der Waals surface area contributed by atoms with Crippen LogP contribution >= 0.6 is 11.3 Å². The van der Waals surface area contributed by atoms with Crippen LogP contribution < -0.4 is 4.74 Å². The predicted molar refractivity (Wildman–Crippen MR) is 134 cm³/mol. The van der Waals surface area contributed by atoms with Gasteiger partial charge in [0, 0.05) is 31.1 Å². The number of thiophene rings is 1. The van der Waals surface area contributed by atoms with E-state index in [4.69, 9.17) is 9.47 Å². The molecule has 1 aromatic carbocycles. The van der Waals surface area contributed by atoms with Crippen molar-refractivity contribution in [1.82, 2.24) is 14.5 Å². The Morgan fingerprint density at radius 3 is 2.56 bits per heavy atom. The van der Waals surface area contributed by atoms with Gasteiger partial charge >= 0.3 is 5.97 Å². The zero-order valence-electron chi connectivity index (χ0n) is 19.7. The first-order valence-corrected chi connectivity index (χ1v) is 12.1. The Bertz CT molecular complexity index is 1120. The van der Waals surface area contributed by atoms with Crippen LogP contribution in [0.2, 0.25) is 0 Å². The number of benzene rings is 1. The van der Waals surface area contributed by atoms with Crippen LogP contribution in [0.4, 0.5) is 0 Å². The van der Waals surface area contributed by atoms with Crippen molar-refractivity contribution >= 4 is 17.3 Å². The van der Waals surface area contributed by atoms with Gasteiger partial charge in [-0.2, -0.15) is 0 Å². The summed E-state index contributed by atoms with van der Waals surface area (Å²) in [7, 11) is 0. The molecule has 4 rings (SSSR count). The van der Waals surface area contributed by atoms with Crippen molar-refractivity contribution in [2.24, 2.45) is 0 Å². The number of hydrogen-bond donors (Lipinski definition) is 2. The lowest BCUT2D eigenvalue weighted by Crippen LogP contribution is -2.26. The molecule has 0 saturated heterocycles. The third-order valence-corrected chi connectivity index (χ3v) is 6.23. The van der Waals surface area contributed by atoms with E-state index >= 15 is 0 Å². The van der Waals surface area contributed by atoms with Crippen molar-refractivity contribution in [3.8, 4) is 16.3 Å². The molecule has 0 aliphatic rings. The fourth-order valence-electron chi connectivity index (χ4n) is 3.47. The molecule has 0 saturated carbocycles. The maximum absolute atomic E-state index is 11.2. The van der Waals surface area contributed by atoms with E-state index in [0.29, 0.717) is 19.6 Å². The number of imidazole rings is 1. The minimum atomic E-state index is -0.939. The monoisotopic (exact) mass is 481 g/mol. The normalized spacial score (nSPS) is 11.5. The number of rotatable bonds is 10. The molecule has 8 heteroatoms. The maximum atomic E-state index is 11.2. The third-order valence-electron chi connectivity index (χ3n) is 5.16. The van der Waals surface area contributed by atoms with Crippen LogP contribution in [0, 0.1) is 13.8 Å². The minimum absolute atomic E-state index is 0.343. The highest BCUT2D eigenvalue weighted by Crippen LogP contribution is 2.29. The number of carbonyl (C=O) groups is 1. The maximum Gasteiger partial charge on any atom is 0.333 e. The van der Waals surface area contributed by atoms with Crippen molar-refractivity contribution in [3.05, 3.63) is 83.4 Å². The van der Waals surface area contributed by atoms with Gasteiger partial charge in [0.1, 0.15) is 12.4 Å². The summed E-state index contributed by atoms with van der Waals surface area (Å²) < 4.78 is 13.5. The van der Waals surface area contributed by atoms with E-state index in [1.807, 2.05) is 24.3 Å². The van der Waals surface area contributed by atoms with Gasteiger partial charge in [0.2, 0.25) is 0 Å². The summed E-state index contributed by atoms with van der Waals surface area (Å²) in [4.78, 5) is 18.9. The molecule has 1 atom stereocenters. The van der Waals surface area contributed by atoms with Crippen LogP contribution in [-0.4, -0.2) is 44.9 Å². The zero-order valence-corrected chi connectivity index (χ0v) is 20.5. The summed E-state index contributed by atoms with van der Waals surface area (Å²) in [6.45, 7) is 7.71.